The van der Waals surface area contributed by atoms with Crippen molar-refractivity contribution in [3.63, 3.8) is 0 Å². The van der Waals surface area contributed by atoms with Crippen molar-refractivity contribution in [1.29, 1.82) is 0 Å². The maximum absolute atomic E-state index is 11.4. The molecule has 0 spiro atoms. The van der Waals surface area contributed by atoms with Crippen molar-refractivity contribution < 1.29 is 9.59 Å². The number of hydrogen-bond acceptors (Lipinski definition) is 3. The van der Waals surface area contributed by atoms with E-state index in [9.17, 15) is 9.59 Å². The number of nitrogens with one attached hydrogen (secondary N) is 2. The van der Waals surface area contributed by atoms with E-state index >= 15 is 0 Å². The van der Waals surface area contributed by atoms with Gasteiger partial charge < -0.3 is 15.4 Å². The van der Waals surface area contributed by atoms with Crippen LogP contribution < -0.4 is 10.6 Å². The number of unbranched alkanes of at least 4 members (excludes halogenated alkanes) is 1. The minimum atomic E-state index is -0.00356. The smallest absolute Gasteiger partial charge is 0.220 e. The number of rotatable bonds is 8. The summed E-state index contributed by atoms with van der Waals surface area (Å²) in [6.07, 6.45) is 2.33. The van der Waals surface area contributed by atoms with Crippen LogP contribution in [0.2, 0.25) is 0 Å². The fraction of sp³-hybridized carbons (Fsp3) is 0.429. The molecule has 98 valence electrons. The van der Waals surface area contributed by atoms with Crippen LogP contribution in [0.15, 0.2) is 24.3 Å². The monoisotopic (exact) mass is 248 g/mol. The molecule has 0 atom stereocenters. The summed E-state index contributed by atoms with van der Waals surface area (Å²) in [6.45, 7) is 1.39. The molecule has 1 rings (SSSR count). The van der Waals surface area contributed by atoms with Gasteiger partial charge in [0, 0.05) is 25.9 Å². The number of benzene rings is 1. The summed E-state index contributed by atoms with van der Waals surface area (Å²) >= 11 is 0. The van der Waals surface area contributed by atoms with E-state index in [0.717, 1.165) is 18.4 Å². The van der Waals surface area contributed by atoms with Gasteiger partial charge in [0.25, 0.3) is 0 Å². The van der Waals surface area contributed by atoms with Gasteiger partial charge in [0.15, 0.2) is 0 Å². The third-order valence-corrected chi connectivity index (χ3v) is 2.62. The van der Waals surface area contributed by atoms with Crippen molar-refractivity contribution in [1.82, 2.24) is 10.6 Å². The minimum absolute atomic E-state index is 0.00356. The Bertz CT molecular complexity index is 374. The SMILES string of the molecule is CNCc1ccc(CNC(=O)CCCC=O)cc1. The second-order valence-corrected chi connectivity index (χ2v) is 4.18. The summed E-state index contributed by atoms with van der Waals surface area (Å²) in [5.74, 6) is -0.00356. The van der Waals surface area contributed by atoms with Crippen LogP contribution in [-0.2, 0) is 22.7 Å². The highest BCUT2D eigenvalue weighted by Gasteiger charge is 2.01. The van der Waals surface area contributed by atoms with Gasteiger partial charge in [0.05, 0.1) is 0 Å². The Hall–Kier alpha value is -1.68. The first kappa shape index (κ1) is 14.4. The molecule has 2 N–H and O–H groups in total. The molecular formula is C14H20N2O2. The van der Waals surface area contributed by atoms with E-state index in [2.05, 4.69) is 10.6 Å². The van der Waals surface area contributed by atoms with Crippen molar-refractivity contribution in [2.75, 3.05) is 7.05 Å². The molecule has 0 saturated carbocycles. The van der Waals surface area contributed by atoms with E-state index in [-0.39, 0.29) is 5.91 Å². The molecule has 0 radical (unpaired) electrons. The average molecular weight is 248 g/mol. The van der Waals surface area contributed by atoms with Crippen LogP contribution in [0.4, 0.5) is 0 Å². The molecule has 4 heteroatoms. The number of amides is 1. The van der Waals surface area contributed by atoms with Crippen molar-refractivity contribution in [3.05, 3.63) is 35.4 Å². The van der Waals surface area contributed by atoms with E-state index < -0.39 is 0 Å². The quantitative estimate of drug-likeness (QED) is 0.540. The zero-order chi connectivity index (χ0) is 13.2. The van der Waals surface area contributed by atoms with Gasteiger partial charge in [-0.1, -0.05) is 24.3 Å². The maximum Gasteiger partial charge on any atom is 0.220 e. The summed E-state index contributed by atoms with van der Waals surface area (Å²) in [5, 5.41) is 5.92. The number of carbonyl (C=O) groups excluding carboxylic acids is 2. The molecule has 0 unspecified atom stereocenters. The van der Waals surface area contributed by atoms with Crippen LogP contribution in [0.25, 0.3) is 0 Å². The van der Waals surface area contributed by atoms with Crippen LogP contribution in [-0.4, -0.2) is 19.2 Å². The number of aldehydes is 1. The van der Waals surface area contributed by atoms with Crippen LogP contribution in [0.1, 0.15) is 30.4 Å². The molecule has 0 saturated heterocycles. The Labute approximate surface area is 108 Å². The zero-order valence-corrected chi connectivity index (χ0v) is 10.7. The van der Waals surface area contributed by atoms with Crippen molar-refractivity contribution >= 4 is 12.2 Å². The fourth-order valence-corrected chi connectivity index (χ4v) is 1.61. The molecule has 1 amide bonds. The van der Waals surface area contributed by atoms with Gasteiger partial charge in [-0.05, 0) is 24.6 Å². The van der Waals surface area contributed by atoms with Crippen molar-refractivity contribution in [2.24, 2.45) is 0 Å². The topological polar surface area (TPSA) is 58.2 Å². The van der Waals surface area contributed by atoms with E-state index in [1.54, 1.807) is 0 Å². The second kappa shape index (κ2) is 8.42. The molecule has 0 heterocycles. The van der Waals surface area contributed by atoms with Gasteiger partial charge in [0.1, 0.15) is 6.29 Å². The molecule has 0 aliphatic rings. The summed E-state index contributed by atoms with van der Waals surface area (Å²) < 4.78 is 0. The first-order valence-corrected chi connectivity index (χ1v) is 6.19. The molecular weight excluding hydrogens is 228 g/mol. The minimum Gasteiger partial charge on any atom is -0.352 e. The molecule has 4 nitrogen and oxygen atoms in total. The van der Waals surface area contributed by atoms with Gasteiger partial charge in [-0.2, -0.15) is 0 Å². The lowest BCUT2D eigenvalue weighted by Gasteiger charge is -2.06. The van der Waals surface area contributed by atoms with Gasteiger partial charge in [-0.25, -0.2) is 0 Å². The lowest BCUT2D eigenvalue weighted by atomic mass is 10.1. The van der Waals surface area contributed by atoms with Gasteiger partial charge in [-0.3, -0.25) is 4.79 Å². The second-order valence-electron chi connectivity index (χ2n) is 4.18. The molecule has 0 aliphatic heterocycles. The largest absolute Gasteiger partial charge is 0.352 e. The van der Waals surface area contributed by atoms with E-state index in [4.69, 9.17) is 0 Å². The Balaban J connectivity index is 2.29. The highest BCUT2D eigenvalue weighted by Crippen LogP contribution is 2.04. The Morgan fingerprint density at radius 3 is 2.33 bits per heavy atom. The highest BCUT2D eigenvalue weighted by molar-refractivity contribution is 5.76. The zero-order valence-electron chi connectivity index (χ0n) is 10.7. The third kappa shape index (κ3) is 5.59. The molecule has 0 aliphatic carbocycles. The van der Waals surface area contributed by atoms with E-state index in [0.29, 0.717) is 25.8 Å². The van der Waals surface area contributed by atoms with Gasteiger partial charge in [0.2, 0.25) is 5.91 Å². The maximum atomic E-state index is 11.4. The third-order valence-electron chi connectivity index (χ3n) is 2.62. The fourth-order valence-electron chi connectivity index (χ4n) is 1.61. The predicted octanol–water partition coefficient (Wildman–Crippen LogP) is 1.39. The van der Waals surface area contributed by atoms with Crippen molar-refractivity contribution in [3.8, 4) is 0 Å². The van der Waals surface area contributed by atoms with Crippen LogP contribution in [0, 0.1) is 0 Å². The Morgan fingerprint density at radius 2 is 1.78 bits per heavy atom. The summed E-state index contributed by atoms with van der Waals surface area (Å²) in [5.41, 5.74) is 2.30. The molecule has 1 aromatic rings. The van der Waals surface area contributed by atoms with E-state index in [1.807, 2.05) is 31.3 Å². The number of carbonyl (C=O) groups is 2. The van der Waals surface area contributed by atoms with Crippen molar-refractivity contribution in [2.45, 2.75) is 32.4 Å². The average Bonchev–Trinajstić information content (AvgIpc) is 2.39. The Morgan fingerprint density at radius 1 is 1.17 bits per heavy atom. The molecule has 0 fully saturated rings. The lowest BCUT2D eigenvalue weighted by Crippen LogP contribution is -2.22. The van der Waals surface area contributed by atoms with Crippen LogP contribution in [0.5, 0.6) is 0 Å². The molecule has 1 aromatic carbocycles. The summed E-state index contributed by atoms with van der Waals surface area (Å²) in [6, 6.07) is 8.12. The summed E-state index contributed by atoms with van der Waals surface area (Å²) in [4.78, 5) is 21.5. The number of hydrogen-bond donors (Lipinski definition) is 2. The van der Waals surface area contributed by atoms with Crippen LogP contribution in [0.3, 0.4) is 0 Å². The van der Waals surface area contributed by atoms with Crippen LogP contribution >= 0.6 is 0 Å². The first-order valence-electron chi connectivity index (χ1n) is 6.19. The molecule has 0 bridgehead atoms. The predicted molar refractivity (Wildman–Crippen MR) is 71.0 cm³/mol. The normalized spacial score (nSPS) is 10.1. The highest BCUT2D eigenvalue weighted by atomic mass is 16.1. The standard InChI is InChI=1S/C14H20N2O2/c1-15-10-12-5-7-13(8-6-12)11-16-14(18)4-2-3-9-17/h5-9,15H,2-4,10-11H2,1H3,(H,16,18). The Kier molecular flexibility index (Phi) is 6.72. The summed E-state index contributed by atoms with van der Waals surface area (Å²) in [7, 11) is 1.91. The molecule has 18 heavy (non-hydrogen) atoms. The molecule has 0 aromatic heterocycles. The van der Waals surface area contributed by atoms with Gasteiger partial charge >= 0.3 is 0 Å². The lowest BCUT2D eigenvalue weighted by molar-refractivity contribution is -0.121. The van der Waals surface area contributed by atoms with Gasteiger partial charge in [-0.15, -0.1) is 0 Å². The first-order chi connectivity index (χ1) is 8.76. The van der Waals surface area contributed by atoms with E-state index in [1.165, 1.54) is 5.56 Å².